The Hall–Kier alpha value is -2.34. The second kappa shape index (κ2) is 14.7. The van der Waals surface area contributed by atoms with Gasteiger partial charge in [0.2, 0.25) is 0 Å². The molecule has 6 heteroatoms. The van der Waals surface area contributed by atoms with Crippen LogP contribution in [0, 0.1) is 11.8 Å². The Morgan fingerprint density at radius 3 is 2.36 bits per heavy atom. The van der Waals surface area contributed by atoms with Crippen LogP contribution < -0.4 is 5.32 Å². The summed E-state index contributed by atoms with van der Waals surface area (Å²) in [6.45, 7) is 14.5. The number of benzene rings is 1. The first-order valence-electron chi connectivity index (χ1n) is 11.9. The SMILES string of the molecule is C=C(CCCC)CC[C@H](NC(=O)OC(C)(C)C)[C@@H](C(=O)OC)[C@H](C)COCc1ccccc1. The zero-order valence-corrected chi connectivity index (χ0v) is 21.3. The van der Waals surface area contributed by atoms with Gasteiger partial charge >= 0.3 is 12.1 Å². The average molecular weight is 462 g/mol. The van der Waals surface area contributed by atoms with E-state index in [-0.39, 0.29) is 11.9 Å². The molecule has 1 N–H and O–H groups in total. The maximum absolute atomic E-state index is 12.8. The first-order valence-corrected chi connectivity index (χ1v) is 11.9. The van der Waals surface area contributed by atoms with Crippen molar-refractivity contribution in [1.82, 2.24) is 5.32 Å². The number of esters is 1. The maximum atomic E-state index is 12.8. The number of hydrogen-bond donors (Lipinski definition) is 1. The van der Waals surface area contributed by atoms with Crippen LogP contribution >= 0.6 is 0 Å². The van der Waals surface area contributed by atoms with Gasteiger partial charge in [0.15, 0.2) is 0 Å². The number of unbranched alkanes of at least 4 members (excludes halogenated alkanes) is 1. The van der Waals surface area contributed by atoms with Crippen LogP contribution in [0.3, 0.4) is 0 Å². The molecule has 0 aliphatic heterocycles. The molecule has 6 nitrogen and oxygen atoms in total. The zero-order valence-electron chi connectivity index (χ0n) is 21.3. The van der Waals surface area contributed by atoms with Crippen molar-refractivity contribution in [3.8, 4) is 0 Å². The first kappa shape index (κ1) is 28.7. The number of carbonyl (C=O) groups excluding carboxylic acids is 2. The molecule has 0 radical (unpaired) electrons. The molecule has 0 aromatic heterocycles. The number of carbonyl (C=O) groups is 2. The predicted octanol–water partition coefficient (Wildman–Crippen LogP) is 6.05. The first-order chi connectivity index (χ1) is 15.6. The van der Waals surface area contributed by atoms with Crippen molar-refractivity contribution in [3.63, 3.8) is 0 Å². The lowest BCUT2D eigenvalue weighted by atomic mass is 9.84. The number of methoxy groups -OCH3 is 1. The highest BCUT2D eigenvalue weighted by atomic mass is 16.6. The number of rotatable bonds is 14. The van der Waals surface area contributed by atoms with Crippen LogP contribution in [0.2, 0.25) is 0 Å². The predicted molar refractivity (Wildman–Crippen MR) is 132 cm³/mol. The van der Waals surface area contributed by atoms with E-state index in [1.807, 2.05) is 58.0 Å². The third-order valence-electron chi connectivity index (χ3n) is 5.41. The molecule has 1 aromatic rings. The summed E-state index contributed by atoms with van der Waals surface area (Å²) in [5.74, 6) is -1.12. The Morgan fingerprint density at radius 1 is 1.12 bits per heavy atom. The van der Waals surface area contributed by atoms with Crippen molar-refractivity contribution >= 4 is 12.1 Å². The normalized spacial score (nSPS) is 14.1. The van der Waals surface area contributed by atoms with Gasteiger partial charge < -0.3 is 19.5 Å². The number of alkyl carbamates (subject to hydrolysis) is 1. The van der Waals surface area contributed by atoms with Crippen molar-refractivity contribution in [1.29, 1.82) is 0 Å². The van der Waals surface area contributed by atoms with Crippen molar-refractivity contribution in [3.05, 3.63) is 48.0 Å². The van der Waals surface area contributed by atoms with Crippen LogP contribution in [-0.4, -0.2) is 37.4 Å². The van der Waals surface area contributed by atoms with E-state index in [4.69, 9.17) is 14.2 Å². The van der Waals surface area contributed by atoms with Crippen LogP contribution in [-0.2, 0) is 25.6 Å². The van der Waals surface area contributed by atoms with E-state index in [0.29, 0.717) is 26.1 Å². The van der Waals surface area contributed by atoms with E-state index in [2.05, 4.69) is 18.8 Å². The van der Waals surface area contributed by atoms with Crippen molar-refractivity contribution in [2.75, 3.05) is 13.7 Å². The van der Waals surface area contributed by atoms with Gasteiger partial charge in [-0.05, 0) is 57.9 Å². The molecule has 1 rings (SSSR count). The van der Waals surface area contributed by atoms with E-state index in [0.717, 1.165) is 30.4 Å². The lowest BCUT2D eigenvalue weighted by Crippen LogP contribution is -2.48. The van der Waals surface area contributed by atoms with Crippen LogP contribution in [0.25, 0.3) is 0 Å². The molecule has 186 valence electrons. The number of ether oxygens (including phenoxy) is 3. The highest BCUT2D eigenvalue weighted by molar-refractivity contribution is 5.75. The molecule has 0 aliphatic rings. The van der Waals surface area contributed by atoms with Gasteiger partial charge in [0.05, 0.1) is 26.2 Å². The molecular formula is C27H43NO5. The Kier molecular flexibility index (Phi) is 12.8. The standard InChI is InChI=1S/C27H43NO5/c1-8-9-13-20(2)16-17-23(28-26(30)33-27(4,5)6)24(25(29)31-7)21(3)18-32-19-22-14-11-10-12-15-22/h10-12,14-15,21,23-24H,2,8-9,13,16-19H2,1,3-7H3,(H,28,30)/t21-,23+,24+/m1/s1. The minimum absolute atomic E-state index is 0.176. The molecule has 0 aliphatic carbocycles. The van der Waals surface area contributed by atoms with Crippen LogP contribution in [0.15, 0.2) is 42.5 Å². The monoisotopic (exact) mass is 461 g/mol. The average Bonchev–Trinajstić information content (AvgIpc) is 2.75. The second-order valence-electron chi connectivity index (χ2n) is 9.67. The highest BCUT2D eigenvalue weighted by Gasteiger charge is 2.36. The van der Waals surface area contributed by atoms with E-state index < -0.39 is 23.7 Å². The van der Waals surface area contributed by atoms with Gasteiger partial charge in [-0.2, -0.15) is 0 Å². The third-order valence-corrected chi connectivity index (χ3v) is 5.41. The molecule has 0 saturated carbocycles. The van der Waals surface area contributed by atoms with Crippen molar-refractivity contribution < 1.29 is 23.8 Å². The van der Waals surface area contributed by atoms with Gasteiger partial charge in [-0.1, -0.05) is 62.8 Å². The Labute approximate surface area is 200 Å². The highest BCUT2D eigenvalue weighted by Crippen LogP contribution is 2.25. The van der Waals surface area contributed by atoms with Gasteiger partial charge in [0.25, 0.3) is 0 Å². The minimum Gasteiger partial charge on any atom is -0.469 e. The Balaban J connectivity index is 2.93. The molecule has 0 unspecified atom stereocenters. The van der Waals surface area contributed by atoms with Gasteiger partial charge in [-0.15, -0.1) is 0 Å². The third kappa shape index (κ3) is 11.9. The quantitative estimate of drug-likeness (QED) is 0.270. The number of hydrogen-bond acceptors (Lipinski definition) is 5. The topological polar surface area (TPSA) is 73.9 Å². The second-order valence-corrected chi connectivity index (χ2v) is 9.67. The lowest BCUT2D eigenvalue weighted by molar-refractivity contribution is -0.149. The van der Waals surface area contributed by atoms with Crippen LogP contribution in [0.5, 0.6) is 0 Å². The smallest absolute Gasteiger partial charge is 0.407 e. The number of allylic oxidation sites excluding steroid dienone is 1. The fourth-order valence-electron chi connectivity index (χ4n) is 3.68. The number of nitrogens with one attached hydrogen (secondary N) is 1. The molecule has 0 heterocycles. The molecular weight excluding hydrogens is 418 g/mol. The summed E-state index contributed by atoms with van der Waals surface area (Å²) in [5.41, 5.74) is 1.55. The summed E-state index contributed by atoms with van der Waals surface area (Å²) in [6, 6.07) is 9.42. The van der Waals surface area contributed by atoms with E-state index in [1.165, 1.54) is 7.11 Å². The molecule has 0 spiro atoms. The molecule has 3 atom stereocenters. The summed E-state index contributed by atoms with van der Waals surface area (Å²) < 4.78 is 16.5. The lowest BCUT2D eigenvalue weighted by Gasteiger charge is -2.31. The Morgan fingerprint density at radius 2 is 1.79 bits per heavy atom. The van der Waals surface area contributed by atoms with Crippen molar-refractivity contribution in [2.45, 2.75) is 85.0 Å². The van der Waals surface area contributed by atoms with E-state index >= 15 is 0 Å². The largest absolute Gasteiger partial charge is 0.469 e. The summed E-state index contributed by atoms with van der Waals surface area (Å²) in [5, 5.41) is 2.93. The number of amides is 1. The minimum atomic E-state index is -0.634. The van der Waals surface area contributed by atoms with Crippen molar-refractivity contribution in [2.24, 2.45) is 11.8 Å². The molecule has 33 heavy (non-hydrogen) atoms. The summed E-state index contributed by atoms with van der Waals surface area (Å²) in [6.07, 6.45) is 3.86. The van der Waals surface area contributed by atoms with Gasteiger partial charge in [0, 0.05) is 6.04 Å². The van der Waals surface area contributed by atoms with E-state index in [9.17, 15) is 9.59 Å². The molecule has 0 fully saturated rings. The zero-order chi connectivity index (χ0) is 24.9. The fourth-order valence-corrected chi connectivity index (χ4v) is 3.68. The van der Waals surface area contributed by atoms with E-state index in [1.54, 1.807) is 0 Å². The summed E-state index contributed by atoms with van der Waals surface area (Å²) in [4.78, 5) is 25.4. The summed E-state index contributed by atoms with van der Waals surface area (Å²) in [7, 11) is 1.37. The maximum Gasteiger partial charge on any atom is 0.407 e. The van der Waals surface area contributed by atoms with Crippen LogP contribution in [0.4, 0.5) is 4.79 Å². The van der Waals surface area contributed by atoms with Gasteiger partial charge in [0.1, 0.15) is 5.60 Å². The van der Waals surface area contributed by atoms with Gasteiger partial charge in [-0.25, -0.2) is 4.79 Å². The van der Waals surface area contributed by atoms with Crippen LogP contribution in [0.1, 0.15) is 72.3 Å². The van der Waals surface area contributed by atoms with Gasteiger partial charge in [-0.3, -0.25) is 4.79 Å². The Bertz CT molecular complexity index is 726. The summed E-state index contributed by atoms with van der Waals surface area (Å²) >= 11 is 0. The molecule has 0 bridgehead atoms. The molecule has 1 aromatic carbocycles. The fraction of sp³-hybridized carbons (Fsp3) is 0.630. The molecule has 0 saturated heterocycles. The molecule has 1 amide bonds.